The van der Waals surface area contributed by atoms with Gasteiger partial charge < -0.3 is 5.32 Å². The van der Waals surface area contributed by atoms with Crippen LogP contribution >= 0.6 is 11.8 Å². The van der Waals surface area contributed by atoms with Crippen LogP contribution < -0.4 is 5.32 Å². The van der Waals surface area contributed by atoms with Gasteiger partial charge in [0.15, 0.2) is 5.54 Å². The van der Waals surface area contributed by atoms with Crippen LogP contribution in [-0.4, -0.2) is 5.75 Å². The molecule has 1 aliphatic heterocycles. The van der Waals surface area contributed by atoms with Crippen LogP contribution in [0.4, 0.5) is 10.1 Å². The molecule has 1 heterocycles. The highest BCUT2D eigenvalue weighted by Crippen LogP contribution is 2.41. The van der Waals surface area contributed by atoms with Gasteiger partial charge in [0, 0.05) is 21.9 Å². The molecule has 1 N–H and O–H groups in total. The summed E-state index contributed by atoms with van der Waals surface area (Å²) in [5, 5.41) is 12.9. The quantitative estimate of drug-likeness (QED) is 0.899. The predicted molar refractivity (Wildman–Crippen MR) is 79.1 cm³/mol. The number of nitriles is 1. The Morgan fingerprint density at radius 1 is 1.20 bits per heavy atom. The topological polar surface area (TPSA) is 35.8 Å². The second-order valence-electron chi connectivity index (χ2n) is 4.75. The molecule has 0 amide bonds. The molecular weight excluding hydrogens is 271 g/mol. The smallest absolute Gasteiger partial charge is 0.152 e. The van der Waals surface area contributed by atoms with E-state index in [2.05, 4.69) is 11.4 Å². The van der Waals surface area contributed by atoms with E-state index in [1.165, 1.54) is 12.1 Å². The van der Waals surface area contributed by atoms with E-state index >= 15 is 0 Å². The molecule has 20 heavy (non-hydrogen) atoms. The van der Waals surface area contributed by atoms with Gasteiger partial charge in [-0.1, -0.05) is 24.3 Å². The van der Waals surface area contributed by atoms with Gasteiger partial charge in [-0.2, -0.15) is 5.26 Å². The molecule has 3 rings (SSSR count). The molecule has 0 fully saturated rings. The van der Waals surface area contributed by atoms with Crippen LogP contribution in [0.3, 0.4) is 0 Å². The Kier molecular flexibility index (Phi) is 3.37. The van der Waals surface area contributed by atoms with Crippen molar-refractivity contribution in [3.05, 3.63) is 59.9 Å². The van der Waals surface area contributed by atoms with Gasteiger partial charge in [0.2, 0.25) is 0 Å². The average Bonchev–Trinajstić information content (AvgIpc) is 2.47. The molecule has 0 bridgehead atoms. The van der Waals surface area contributed by atoms with Gasteiger partial charge >= 0.3 is 0 Å². The van der Waals surface area contributed by atoms with E-state index in [-0.39, 0.29) is 5.82 Å². The summed E-state index contributed by atoms with van der Waals surface area (Å²) in [7, 11) is 0. The van der Waals surface area contributed by atoms with Crippen LogP contribution in [0.5, 0.6) is 0 Å². The Hall–Kier alpha value is -1.99. The lowest BCUT2D eigenvalue weighted by molar-refractivity contribution is 0.586. The lowest BCUT2D eigenvalue weighted by Crippen LogP contribution is -2.37. The van der Waals surface area contributed by atoms with Gasteiger partial charge in [-0.15, -0.1) is 11.8 Å². The predicted octanol–water partition coefficient (Wildman–Crippen LogP) is 4.15. The van der Waals surface area contributed by atoms with E-state index < -0.39 is 5.54 Å². The van der Waals surface area contributed by atoms with Crippen molar-refractivity contribution < 1.29 is 4.39 Å². The van der Waals surface area contributed by atoms with Crippen LogP contribution in [0.25, 0.3) is 0 Å². The van der Waals surface area contributed by atoms with E-state index in [1.54, 1.807) is 23.9 Å². The number of anilines is 1. The maximum Gasteiger partial charge on any atom is 0.152 e. The first-order chi connectivity index (χ1) is 9.73. The number of thioether (sulfide) groups is 1. The van der Waals surface area contributed by atoms with Crippen molar-refractivity contribution in [1.29, 1.82) is 5.26 Å². The minimum atomic E-state index is -0.782. The number of halogens is 1. The van der Waals surface area contributed by atoms with Crippen LogP contribution in [0.2, 0.25) is 0 Å². The molecule has 2 aromatic carbocycles. The van der Waals surface area contributed by atoms with Crippen molar-refractivity contribution in [2.75, 3.05) is 11.1 Å². The van der Waals surface area contributed by atoms with Gasteiger partial charge in [0.1, 0.15) is 5.82 Å². The van der Waals surface area contributed by atoms with Crippen molar-refractivity contribution in [3.8, 4) is 6.07 Å². The van der Waals surface area contributed by atoms with Gasteiger partial charge in [-0.25, -0.2) is 4.39 Å². The molecule has 0 radical (unpaired) electrons. The summed E-state index contributed by atoms with van der Waals surface area (Å²) in [6, 6.07) is 16.5. The fourth-order valence-corrected chi connectivity index (χ4v) is 3.68. The van der Waals surface area contributed by atoms with Crippen molar-refractivity contribution in [2.24, 2.45) is 0 Å². The maximum atomic E-state index is 13.3. The number of nitrogens with one attached hydrogen (secondary N) is 1. The molecule has 1 unspecified atom stereocenters. The largest absolute Gasteiger partial charge is 0.364 e. The van der Waals surface area contributed by atoms with Gasteiger partial charge in [0.05, 0.1) is 6.07 Å². The zero-order valence-electron chi connectivity index (χ0n) is 10.8. The molecule has 1 atom stereocenters. The molecule has 0 saturated carbocycles. The standard InChI is InChI=1S/C16H13FN2S/c17-12-4-3-5-13(10-12)19-16(11-18)8-9-20-15-7-2-1-6-14(15)16/h1-7,10,19H,8-9H2. The van der Waals surface area contributed by atoms with Gasteiger partial charge in [-0.05, 0) is 30.7 Å². The Balaban J connectivity index is 2.03. The van der Waals surface area contributed by atoms with E-state index in [4.69, 9.17) is 0 Å². The minimum absolute atomic E-state index is 0.304. The highest BCUT2D eigenvalue weighted by Gasteiger charge is 2.37. The van der Waals surface area contributed by atoms with E-state index in [9.17, 15) is 9.65 Å². The summed E-state index contributed by atoms with van der Waals surface area (Å²) in [5.74, 6) is 0.564. The summed E-state index contributed by atoms with van der Waals surface area (Å²) in [6.45, 7) is 0. The summed E-state index contributed by atoms with van der Waals surface area (Å²) in [6.07, 6.45) is 0.696. The van der Waals surface area contributed by atoms with E-state index in [0.717, 1.165) is 16.2 Å². The summed E-state index contributed by atoms with van der Waals surface area (Å²) >= 11 is 1.75. The number of hydrogen-bond acceptors (Lipinski definition) is 3. The fourth-order valence-electron chi connectivity index (χ4n) is 2.48. The zero-order valence-corrected chi connectivity index (χ0v) is 11.6. The first-order valence-electron chi connectivity index (χ1n) is 6.41. The van der Waals surface area contributed by atoms with E-state index in [0.29, 0.717) is 12.1 Å². The van der Waals surface area contributed by atoms with Crippen LogP contribution in [0.1, 0.15) is 12.0 Å². The normalized spacial score (nSPS) is 20.8. The summed E-state index contributed by atoms with van der Waals surface area (Å²) in [4.78, 5) is 1.12. The minimum Gasteiger partial charge on any atom is -0.364 e. The molecule has 0 aromatic heterocycles. The highest BCUT2D eigenvalue weighted by molar-refractivity contribution is 7.99. The monoisotopic (exact) mass is 284 g/mol. The SMILES string of the molecule is N#CC1(Nc2cccc(F)c2)CCSc2ccccc21. The fraction of sp³-hybridized carbons (Fsp3) is 0.188. The van der Waals surface area contributed by atoms with Gasteiger partial charge in [0.25, 0.3) is 0 Å². The third kappa shape index (κ3) is 2.25. The molecule has 100 valence electrons. The second-order valence-corrected chi connectivity index (χ2v) is 5.88. The van der Waals surface area contributed by atoms with Crippen LogP contribution in [-0.2, 0) is 5.54 Å². The lowest BCUT2D eigenvalue weighted by Gasteiger charge is -2.34. The molecule has 2 aromatic rings. The van der Waals surface area contributed by atoms with Crippen molar-refractivity contribution in [3.63, 3.8) is 0 Å². The third-order valence-corrected chi connectivity index (χ3v) is 4.53. The Morgan fingerprint density at radius 3 is 2.85 bits per heavy atom. The number of benzene rings is 2. The van der Waals surface area contributed by atoms with Crippen LogP contribution in [0.15, 0.2) is 53.4 Å². The zero-order chi connectivity index (χ0) is 14.0. The van der Waals surface area contributed by atoms with Gasteiger partial charge in [-0.3, -0.25) is 0 Å². The molecule has 0 spiro atoms. The van der Waals surface area contributed by atoms with E-state index in [1.807, 2.05) is 24.3 Å². The lowest BCUT2D eigenvalue weighted by atomic mass is 9.87. The number of fused-ring (bicyclic) bond motifs is 1. The Bertz CT molecular complexity index is 680. The number of nitrogens with zero attached hydrogens (tertiary/aromatic N) is 1. The number of rotatable bonds is 2. The first kappa shape index (κ1) is 13.0. The maximum absolute atomic E-state index is 13.3. The third-order valence-electron chi connectivity index (χ3n) is 3.45. The Morgan fingerprint density at radius 2 is 2.05 bits per heavy atom. The molecule has 0 saturated heterocycles. The molecule has 1 aliphatic rings. The van der Waals surface area contributed by atoms with Crippen molar-refractivity contribution in [1.82, 2.24) is 0 Å². The summed E-state index contributed by atoms with van der Waals surface area (Å²) in [5.41, 5.74) is 0.826. The molecule has 2 nitrogen and oxygen atoms in total. The first-order valence-corrected chi connectivity index (χ1v) is 7.39. The number of hydrogen-bond donors (Lipinski definition) is 1. The Labute approximate surface area is 121 Å². The highest BCUT2D eigenvalue weighted by atomic mass is 32.2. The van der Waals surface area contributed by atoms with Crippen molar-refractivity contribution >= 4 is 17.4 Å². The van der Waals surface area contributed by atoms with Crippen molar-refractivity contribution in [2.45, 2.75) is 16.9 Å². The molecule has 4 heteroatoms. The second kappa shape index (κ2) is 5.18. The summed E-state index contributed by atoms with van der Waals surface area (Å²) < 4.78 is 13.3. The van der Waals surface area contributed by atoms with Crippen LogP contribution in [0, 0.1) is 17.1 Å². The molecular formula is C16H13FN2S. The average molecular weight is 284 g/mol. The molecule has 0 aliphatic carbocycles.